The molecule has 5 heterocycles. The van der Waals surface area contributed by atoms with E-state index in [0.29, 0.717) is 25.0 Å². The highest BCUT2D eigenvalue weighted by atomic mass is 16.3. The third-order valence-corrected chi connectivity index (χ3v) is 5.45. The second kappa shape index (κ2) is 9.53. The van der Waals surface area contributed by atoms with Crippen molar-refractivity contribution in [2.45, 2.75) is 6.04 Å². The number of aliphatic hydroxyl groups is 1. The lowest BCUT2D eigenvalue weighted by Gasteiger charge is -2.40. The molecule has 0 aromatic carbocycles. The number of aliphatic hydroxyl groups excluding tert-OH is 1. The van der Waals surface area contributed by atoms with Crippen LogP contribution >= 0.6 is 0 Å². The molecule has 1 fully saturated rings. The van der Waals surface area contributed by atoms with Crippen LogP contribution in [0.3, 0.4) is 0 Å². The minimum atomic E-state index is -0.123. The molecule has 4 aromatic heterocycles. The summed E-state index contributed by atoms with van der Waals surface area (Å²) in [7, 11) is 0. The highest BCUT2D eigenvalue weighted by molar-refractivity contribution is 5.68. The van der Waals surface area contributed by atoms with Crippen LogP contribution in [-0.2, 0) is 0 Å². The molecule has 0 spiro atoms. The normalized spacial score (nSPS) is 16.5. The molecule has 1 N–H and O–H groups in total. The molecular formula is C23H23N9O. The summed E-state index contributed by atoms with van der Waals surface area (Å²) in [4.78, 5) is 30.3. The molecule has 0 amide bonds. The fourth-order valence-corrected chi connectivity index (χ4v) is 3.71. The SMILES string of the molecule is OC[C@H]1CN(c2ncc(/C=C/c3ccc(-n4ccnc4)nc3)cn2)CCN1c1ncccn1. The summed E-state index contributed by atoms with van der Waals surface area (Å²) in [6, 6.07) is 5.60. The Morgan fingerprint density at radius 3 is 2.36 bits per heavy atom. The highest BCUT2D eigenvalue weighted by Gasteiger charge is 2.29. The van der Waals surface area contributed by atoms with Crippen molar-refractivity contribution in [3.05, 3.63) is 79.0 Å². The summed E-state index contributed by atoms with van der Waals surface area (Å²) < 4.78 is 1.86. The number of piperazine rings is 1. The van der Waals surface area contributed by atoms with Gasteiger partial charge in [0.15, 0.2) is 0 Å². The van der Waals surface area contributed by atoms with E-state index in [4.69, 9.17) is 0 Å². The Labute approximate surface area is 191 Å². The number of pyridine rings is 1. The van der Waals surface area contributed by atoms with Crippen LogP contribution in [0, 0.1) is 0 Å². The number of rotatable bonds is 6. The van der Waals surface area contributed by atoms with Gasteiger partial charge in [-0.2, -0.15) is 0 Å². The van der Waals surface area contributed by atoms with Crippen molar-refractivity contribution in [3.8, 4) is 5.82 Å². The molecule has 10 nitrogen and oxygen atoms in total. The van der Waals surface area contributed by atoms with Crippen molar-refractivity contribution in [2.75, 3.05) is 36.0 Å². The lowest BCUT2D eigenvalue weighted by molar-refractivity contribution is 0.251. The Bertz CT molecular complexity index is 1180. The van der Waals surface area contributed by atoms with E-state index in [1.54, 1.807) is 43.4 Å². The van der Waals surface area contributed by atoms with Gasteiger partial charge in [-0.1, -0.05) is 12.2 Å². The maximum Gasteiger partial charge on any atom is 0.225 e. The summed E-state index contributed by atoms with van der Waals surface area (Å²) >= 11 is 0. The van der Waals surface area contributed by atoms with E-state index < -0.39 is 0 Å². The number of imidazole rings is 1. The smallest absolute Gasteiger partial charge is 0.225 e. The van der Waals surface area contributed by atoms with Gasteiger partial charge in [0, 0.05) is 68.6 Å². The fraction of sp³-hybridized carbons (Fsp3) is 0.217. The number of nitrogens with zero attached hydrogens (tertiary/aromatic N) is 9. The Morgan fingerprint density at radius 2 is 1.67 bits per heavy atom. The first kappa shape index (κ1) is 20.7. The van der Waals surface area contributed by atoms with E-state index in [0.717, 1.165) is 23.5 Å². The third-order valence-electron chi connectivity index (χ3n) is 5.45. The monoisotopic (exact) mass is 441 g/mol. The largest absolute Gasteiger partial charge is 0.394 e. The Balaban J connectivity index is 1.22. The zero-order chi connectivity index (χ0) is 22.5. The molecule has 10 heteroatoms. The predicted molar refractivity (Wildman–Crippen MR) is 125 cm³/mol. The Kier molecular flexibility index (Phi) is 5.98. The van der Waals surface area contributed by atoms with Gasteiger partial charge in [0.2, 0.25) is 11.9 Å². The van der Waals surface area contributed by atoms with Crippen molar-refractivity contribution in [1.29, 1.82) is 0 Å². The van der Waals surface area contributed by atoms with Gasteiger partial charge in [-0.05, 0) is 23.8 Å². The van der Waals surface area contributed by atoms with Crippen molar-refractivity contribution in [3.63, 3.8) is 0 Å². The van der Waals surface area contributed by atoms with E-state index in [2.05, 4.69) is 34.8 Å². The topological polar surface area (TPSA) is 109 Å². The first-order valence-electron chi connectivity index (χ1n) is 10.6. The molecule has 4 aromatic rings. The molecule has 5 rings (SSSR count). The van der Waals surface area contributed by atoms with Gasteiger partial charge < -0.3 is 14.9 Å². The van der Waals surface area contributed by atoms with E-state index in [9.17, 15) is 5.11 Å². The van der Waals surface area contributed by atoms with Crippen molar-refractivity contribution < 1.29 is 5.11 Å². The summed E-state index contributed by atoms with van der Waals surface area (Å²) in [5.74, 6) is 2.09. The Hall–Kier alpha value is -4.18. The van der Waals surface area contributed by atoms with Gasteiger partial charge in [-0.25, -0.2) is 29.9 Å². The molecule has 33 heavy (non-hydrogen) atoms. The molecule has 0 bridgehead atoms. The third kappa shape index (κ3) is 4.70. The average Bonchev–Trinajstić information content (AvgIpc) is 3.43. The highest BCUT2D eigenvalue weighted by Crippen LogP contribution is 2.19. The predicted octanol–water partition coefficient (Wildman–Crippen LogP) is 1.71. The molecule has 0 saturated carbocycles. The second-order valence-corrected chi connectivity index (χ2v) is 7.59. The molecule has 1 aliphatic heterocycles. The number of hydrogen-bond donors (Lipinski definition) is 1. The van der Waals surface area contributed by atoms with Crippen LogP contribution in [0.4, 0.5) is 11.9 Å². The minimum absolute atomic E-state index is 0.00322. The van der Waals surface area contributed by atoms with Gasteiger partial charge in [0.1, 0.15) is 12.1 Å². The number of hydrogen-bond acceptors (Lipinski definition) is 9. The number of anilines is 2. The summed E-state index contributed by atoms with van der Waals surface area (Å²) in [6.45, 7) is 2.00. The maximum absolute atomic E-state index is 9.90. The molecule has 1 saturated heterocycles. The average molecular weight is 441 g/mol. The van der Waals surface area contributed by atoms with Gasteiger partial charge in [-0.15, -0.1) is 0 Å². The zero-order valence-electron chi connectivity index (χ0n) is 17.9. The molecule has 0 radical (unpaired) electrons. The quantitative estimate of drug-likeness (QED) is 0.478. The second-order valence-electron chi connectivity index (χ2n) is 7.59. The van der Waals surface area contributed by atoms with Crippen LogP contribution in [0.2, 0.25) is 0 Å². The van der Waals surface area contributed by atoms with Gasteiger partial charge >= 0.3 is 0 Å². The maximum atomic E-state index is 9.90. The standard InChI is InChI=1S/C23H23N9O/c33-16-20-15-30(10-11-32(20)23-25-6-1-7-26-23)22-28-13-19(14-29-22)3-2-18-4-5-21(27-12-18)31-9-8-24-17-31/h1-9,12-14,17,20,33H,10-11,15-16H2/b3-2+/t20-/m1/s1. The molecule has 1 aliphatic rings. The molecule has 0 aliphatic carbocycles. The van der Waals surface area contributed by atoms with Crippen molar-refractivity contribution >= 4 is 24.0 Å². The van der Waals surface area contributed by atoms with E-state index in [-0.39, 0.29) is 12.6 Å². The van der Waals surface area contributed by atoms with Crippen molar-refractivity contribution in [1.82, 2.24) is 34.5 Å². The van der Waals surface area contributed by atoms with Crippen molar-refractivity contribution in [2.24, 2.45) is 0 Å². The van der Waals surface area contributed by atoms with Crippen LogP contribution in [0.1, 0.15) is 11.1 Å². The molecular weight excluding hydrogens is 418 g/mol. The van der Waals surface area contributed by atoms with E-state index in [1.165, 1.54) is 0 Å². The minimum Gasteiger partial charge on any atom is -0.394 e. The first-order chi connectivity index (χ1) is 16.3. The van der Waals surface area contributed by atoms with Crippen LogP contribution in [0.25, 0.3) is 18.0 Å². The Morgan fingerprint density at radius 1 is 0.879 bits per heavy atom. The first-order valence-corrected chi connectivity index (χ1v) is 10.6. The molecule has 0 unspecified atom stereocenters. The van der Waals surface area contributed by atoms with Crippen LogP contribution in [0.5, 0.6) is 0 Å². The summed E-state index contributed by atoms with van der Waals surface area (Å²) in [6.07, 6.45) is 18.1. The zero-order valence-corrected chi connectivity index (χ0v) is 17.9. The fourth-order valence-electron chi connectivity index (χ4n) is 3.71. The molecule has 166 valence electrons. The summed E-state index contributed by atoms with van der Waals surface area (Å²) in [5.41, 5.74) is 1.88. The molecule has 1 atom stereocenters. The lowest BCUT2D eigenvalue weighted by atomic mass is 10.2. The van der Waals surface area contributed by atoms with Crippen LogP contribution < -0.4 is 9.80 Å². The van der Waals surface area contributed by atoms with Crippen LogP contribution in [-0.4, -0.2) is 71.9 Å². The number of aromatic nitrogens is 7. The van der Waals surface area contributed by atoms with Gasteiger partial charge in [-0.3, -0.25) is 4.57 Å². The van der Waals surface area contributed by atoms with Gasteiger partial charge in [0.25, 0.3) is 0 Å². The van der Waals surface area contributed by atoms with Crippen LogP contribution in [0.15, 0.2) is 67.9 Å². The van der Waals surface area contributed by atoms with Gasteiger partial charge in [0.05, 0.1) is 12.6 Å². The lowest BCUT2D eigenvalue weighted by Crippen LogP contribution is -2.56. The summed E-state index contributed by atoms with van der Waals surface area (Å²) in [5, 5.41) is 9.90. The van der Waals surface area contributed by atoms with E-state index in [1.807, 2.05) is 46.1 Å². The van der Waals surface area contributed by atoms with E-state index >= 15 is 0 Å².